The van der Waals surface area contributed by atoms with Gasteiger partial charge in [0, 0.05) is 12.1 Å². The van der Waals surface area contributed by atoms with Crippen LogP contribution in [0.2, 0.25) is 0 Å². The molecule has 0 bridgehead atoms. The molecule has 0 aliphatic heterocycles. The van der Waals surface area contributed by atoms with E-state index in [1.54, 1.807) is 24.3 Å². The van der Waals surface area contributed by atoms with Gasteiger partial charge in [-0.2, -0.15) is 0 Å². The summed E-state index contributed by atoms with van der Waals surface area (Å²) in [6.07, 6.45) is 1.45. The zero-order valence-corrected chi connectivity index (χ0v) is 12.2. The molecule has 2 aromatic carbocycles. The Balaban J connectivity index is 1.75. The van der Waals surface area contributed by atoms with Gasteiger partial charge in [-0.15, -0.1) is 4.52 Å². The molecule has 0 spiro atoms. The third-order valence-electron chi connectivity index (χ3n) is 2.93. The maximum Gasteiger partial charge on any atom is 0.548 e. The maximum absolute atomic E-state index is 11.8. The number of hydrogen-bond acceptors (Lipinski definition) is 4. The Labute approximate surface area is 123 Å². The summed E-state index contributed by atoms with van der Waals surface area (Å²) in [5, 5.41) is 11.2. The first-order chi connectivity index (χ1) is 10.2. The Kier molecular flexibility index (Phi) is 5.55. The molecule has 6 heteroatoms. The SMILES string of the molecule is O=[N+]([O-])c1ccc(CCCO[P+](=O)c2ccccc2)cc1. The van der Waals surface area contributed by atoms with Gasteiger partial charge in [-0.05, 0) is 35.1 Å². The van der Waals surface area contributed by atoms with Crippen molar-refractivity contribution >= 4 is 19.0 Å². The first-order valence-electron chi connectivity index (χ1n) is 6.55. The van der Waals surface area contributed by atoms with Crippen molar-refractivity contribution < 1.29 is 14.0 Å². The van der Waals surface area contributed by atoms with Crippen molar-refractivity contribution in [3.63, 3.8) is 0 Å². The minimum absolute atomic E-state index is 0.0853. The van der Waals surface area contributed by atoms with E-state index >= 15 is 0 Å². The first kappa shape index (κ1) is 15.3. The number of aryl methyl sites for hydroxylation is 1. The van der Waals surface area contributed by atoms with Crippen LogP contribution in [0.3, 0.4) is 0 Å². The number of nitrogens with zero attached hydrogens (tertiary/aromatic N) is 1. The highest BCUT2D eigenvalue weighted by atomic mass is 31.1. The monoisotopic (exact) mass is 304 g/mol. The number of hydrogen-bond donors (Lipinski definition) is 0. The van der Waals surface area contributed by atoms with Gasteiger partial charge in [0.1, 0.15) is 6.61 Å². The van der Waals surface area contributed by atoms with Crippen LogP contribution in [-0.2, 0) is 15.5 Å². The summed E-state index contributed by atoms with van der Waals surface area (Å²) in [4.78, 5) is 10.1. The van der Waals surface area contributed by atoms with Crippen molar-refractivity contribution in [2.45, 2.75) is 12.8 Å². The second-order valence-corrected chi connectivity index (χ2v) is 5.74. The van der Waals surface area contributed by atoms with Crippen LogP contribution in [0.5, 0.6) is 0 Å². The Morgan fingerprint density at radius 3 is 2.33 bits per heavy atom. The molecule has 0 radical (unpaired) electrons. The van der Waals surface area contributed by atoms with Gasteiger partial charge in [-0.25, -0.2) is 0 Å². The van der Waals surface area contributed by atoms with Gasteiger partial charge in [0.25, 0.3) is 5.69 Å². The average molecular weight is 304 g/mol. The van der Waals surface area contributed by atoms with Crippen molar-refractivity contribution in [3.8, 4) is 0 Å². The third-order valence-corrected chi connectivity index (χ3v) is 4.07. The molecule has 1 atom stereocenters. The molecule has 108 valence electrons. The van der Waals surface area contributed by atoms with E-state index in [1.807, 2.05) is 18.2 Å². The van der Waals surface area contributed by atoms with E-state index in [4.69, 9.17) is 4.52 Å². The van der Waals surface area contributed by atoms with E-state index in [-0.39, 0.29) is 5.69 Å². The summed E-state index contributed by atoms with van der Waals surface area (Å²) in [6.45, 7) is 0.390. The summed E-state index contributed by atoms with van der Waals surface area (Å²) >= 11 is 0. The van der Waals surface area contributed by atoms with Gasteiger partial charge in [-0.3, -0.25) is 10.1 Å². The smallest absolute Gasteiger partial charge is 0.258 e. The van der Waals surface area contributed by atoms with E-state index in [0.29, 0.717) is 18.3 Å². The largest absolute Gasteiger partial charge is 0.548 e. The van der Waals surface area contributed by atoms with Crippen LogP contribution in [-0.4, -0.2) is 11.5 Å². The first-order valence-corrected chi connectivity index (χ1v) is 7.73. The minimum Gasteiger partial charge on any atom is -0.258 e. The van der Waals surface area contributed by atoms with Crippen LogP contribution >= 0.6 is 8.03 Å². The molecule has 0 aromatic heterocycles. The summed E-state index contributed by atoms with van der Waals surface area (Å²) in [5.41, 5.74) is 1.08. The Morgan fingerprint density at radius 1 is 1.05 bits per heavy atom. The fraction of sp³-hybridized carbons (Fsp3) is 0.200. The van der Waals surface area contributed by atoms with Gasteiger partial charge in [0.2, 0.25) is 5.30 Å². The highest BCUT2D eigenvalue weighted by Crippen LogP contribution is 2.21. The quantitative estimate of drug-likeness (QED) is 0.339. The Bertz CT molecular complexity index is 613. The van der Waals surface area contributed by atoms with Crippen molar-refractivity contribution in [2.24, 2.45) is 0 Å². The number of nitro groups is 1. The summed E-state index contributed by atoms with van der Waals surface area (Å²) in [5.74, 6) is 0. The summed E-state index contributed by atoms with van der Waals surface area (Å²) in [6, 6.07) is 15.5. The van der Waals surface area contributed by atoms with Gasteiger partial charge in [-0.1, -0.05) is 30.3 Å². The number of rotatable bonds is 7. The molecular weight excluding hydrogens is 289 g/mol. The molecule has 5 nitrogen and oxygen atoms in total. The molecule has 2 rings (SSSR count). The molecule has 21 heavy (non-hydrogen) atoms. The second-order valence-electron chi connectivity index (χ2n) is 4.45. The van der Waals surface area contributed by atoms with Crippen LogP contribution in [0.15, 0.2) is 54.6 Å². The highest BCUT2D eigenvalue weighted by Gasteiger charge is 2.20. The standard InChI is InChI=1S/C15H15NO4P/c17-16(18)14-10-8-13(9-11-14)5-4-12-20-21(19)15-6-2-1-3-7-15/h1-3,6-11H,4-5,12H2/q+1. The minimum atomic E-state index is -1.81. The van der Waals surface area contributed by atoms with Gasteiger partial charge in [0.15, 0.2) is 0 Å². The van der Waals surface area contributed by atoms with Crippen LogP contribution in [0.1, 0.15) is 12.0 Å². The number of benzene rings is 2. The molecule has 0 N–H and O–H groups in total. The molecule has 0 saturated carbocycles. The van der Waals surface area contributed by atoms with E-state index in [9.17, 15) is 14.7 Å². The van der Waals surface area contributed by atoms with E-state index < -0.39 is 13.0 Å². The van der Waals surface area contributed by atoms with E-state index in [1.165, 1.54) is 12.1 Å². The van der Waals surface area contributed by atoms with Gasteiger partial charge in [0.05, 0.1) is 4.92 Å². The zero-order valence-electron chi connectivity index (χ0n) is 11.3. The molecular formula is C15H15NO4P+. The van der Waals surface area contributed by atoms with E-state index in [0.717, 1.165) is 12.0 Å². The second kappa shape index (κ2) is 7.62. The number of non-ortho nitro benzene ring substituents is 1. The predicted octanol–water partition coefficient (Wildman–Crippen LogP) is 3.61. The molecule has 0 fully saturated rings. The average Bonchev–Trinajstić information content (AvgIpc) is 2.52. The molecule has 0 aliphatic rings. The molecule has 2 aromatic rings. The summed E-state index contributed by atoms with van der Waals surface area (Å²) < 4.78 is 17.1. The van der Waals surface area contributed by atoms with Crippen molar-refractivity contribution in [1.82, 2.24) is 0 Å². The molecule has 0 amide bonds. The highest BCUT2D eigenvalue weighted by molar-refractivity contribution is 7.48. The normalized spacial score (nSPS) is 11.1. The molecule has 0 aliphatic carbocycles. The Morgan fingerprint density at radius 2 is 1.71 bits per heavy atom. The van der Waals surface area contributed by atoms with Crippen molar-refractivity contribution in [1.29, 1.82) is 0 Å². The third kappa shape index (κ3) is 4.74. The van der Waals surface area contributed by atoms with E-state index in [2.05, 4.69) is 0 Å². The van der Waals surface area contributed by atoms with Gasteiger partial charge < -0.3 is 0 Å². The van der Waals surface area contributed by atoms with Crippen molar-refractivity contribution in [2.75, 3.05) is 6.61 Å². The zero-order chi connectivity index (χ0) is 15.1. The fourth-order valence-corrected chi connectivity index (χ4v) is 2.69. The summed E-state index contributed by atoms with van der Waals surface area (Å²) in [7, 11) is -1.81. The van der Waals surface area contributed by atoms with Crippen LogP contribution in [0, 0.1) is 10.1 Å². The lowest BCUT2D eigenvalue weighted by Gasteiger charge is -1.98. The number of nitro benzene ring substituents is 1. The Hall–Kier alpha value is -2.10. The fourth-order valence-electron chi connectivity index (χ4n) is 1.83. The van der Waals surface area contributed by atoms with Crippen molar-refractivity contribution in [3.05, 3.63) is 70.3 Å². The predicted molar refractivity (Wildman–Crippen MR) is 81.1 cm³/mol. The molecule has 0 saturated heterocycles. The van der Waals surface area contributed by atoms with Crippen LogP contribution < -0.4 is 5.30 Å². The lowest BCUT2D eigenvalue weighted by molar-refractivity contribution is -0.384. The maximum atomic E-state index is 11.8. The van der Waals surface area contributed by atoms with Crippen LogP contribution in [0.25, 0.3) is 0 Å². The molecule has 1 unspecified atom stereocenters. The lowest BCUT2D eigenvalue weighted by atomic mass is 10.1. The molecule has 0 heterocycles. The topological polar surface area (TPSA) is 69.4 Å². The van der Waals surface area contributed by atoms with Crippen LogP contribution in [0.4, 0.5) is 5.69 Å². The van der Waals surface area contributed by atoms with Gasteiger partial charge >= 0.3 is 8.03 Å². The lowest BCUT2D eigenvalue weighted by Crippen LogP contribution is -1.99.